The van der Waals surface area contributed by atoms with Crippen molar-refractivity contribution >= 4 is 22.6 Å². The van der Waals surface area contributed by atoms with Gasteiger partial charge in [-0.3, -0.25) is 4.79 Å². The molecule has 1 saturated carbocycles. The molecule has 1 aliphatic carbocycles. The second-order valence-corrected chi connectivity index (χ2v) is 13.0. The number of hydrazine groups is 1. The number of carbonyl (C=O) groups is 1. The van der Waals surface area contributed by atoms with Crippen molar-refractivity contribution in [1.82, 2.24) is 20.5 Å². The first-order valence-electron chi connectivity index (χ1n) is 12.7. The maximum Gasteiger partial charge on any atom is 0.408 e. The third kappa shape index (κ3) is 6.11. The molecule has 3 aliphatic rings. The molecule has 0 radical (unpaired) electrons. The van der Waals surface area contributed by atoms with E-state index in [-0.39, 0.29) is 29.5 Å². The fourth-order valence-corrected chi connectivity index (χ4v) is 6.33. The van der Waals surface area contributed by atoms with Crippen LogP contribution in [-0.4, -0.2) is 50.8 Å². The van der Waals surface area contributed by atoms with Crippen LogP contribution in [0.1, 0.15) is 64.5 Å². The maximum atomic E-state index is 14.0. The highest BCUT2D eigenvalue weighted by molar-refractivity contribution is 7.84. The summed E-state index contributed by atoms with van der Waals surface area (Å²) >= 11 is 0. The molecule has 4 N–H and O–H groups in total. The van der Waals surface area contributed by atoms with E-state index in [2.05, 4.69) is 31.9 Å². The van der Waals surface area contributed by atoms with Crippen LogP contribution in [0.2, 0.25) is 0 Å². The molecule has 2 aliphatic heterocycles. The molecule has 4 rings (SSSR count). The number of hydrogen-bond acceptors (Lipinski definition) is 6. The van der Waals surface area contributed by atoms with E-state index >= 15 is 0 Å². The van der Waals surface area contributed by atoms with Gasteiger partial charge in [0.15, 0.2) is 0 Å². The van der Waals surface area contributed by atoms with Crippen molar-refractivity contribution in [3.63, 3.8) is 0 Å². The van der Waals surface area contributed by atoms with Crippen LogP contribution in [-0.2, 0) is 15.8 Å². The maximum absolute atomic E-state index is 14.0. The lowest BCUT2D eigenvalue weighted by Crippen LogP contribution is -2.54. The van der Waals surface area contributed by atoms with Crippen LogP contribution in [0.4, 0.5) is 18.9 Å². The van der Waals surface area contributed by atoms with Crippen molar-refractivity contribution in [2.45, 2.75) is 88.1 Å². The molecular formula is C25H35F3N6O2S. The van der Waals surface area contributed by atoms with Gasteiger partial charge in [-0.25, -0.2) is 19.4 Å². The molecule has 2 heterocycles. The van der Waals surface area contributed by atoms with Gasteiger partial charge in [-0.05, 0) is 57.7 Å². The predicted molar refractivity (Wildman–Crippen MR) is 135 cm³/mol. The number of rotatable bonds is 6. The Morgan fingerprint density at radius 3 is 2.57 bits per heavy atom. The summed E-state index contributed by atoms with van der Waals surface area (Å²) in [5.74, 6) is -0.737. The summed E-state index contributed by atoms with van der Waals surface area (Å²) in [6.45, 7) is 5.35. The molecule has 0 spiro atoms. The third-order valence-corrected chi connectivity index (χ3v) is 8.93. The molecular weight excluding hydrogens is 505 g/mol. The number of alkyl halides is 3. The van der Waals surface area contributed by atoms with Crippen molar-refractivity contribution in [3.05, 3.63) is 29.8 Å². The number of piperidine rings is 1. The molecule has 8 nitrogen and oxygen atoms in total. The molecule has 204 valence electrons. The van der Waals surface area contributed by atoms with E-state index in [1.54, 1.807) is 26.8 Å². The van der Waals surface area contributed by atoms with E-state index in [1.165, 1.54) is 18.2 Å². The predicted octanol–water partition coefficient (Wildman–Crippen LogP) is 3.49. The first-order chi connectivity index (χ1) is 17.4. The lowest BCUT2D eigenvalue weighted by atomic mass is 9.83. The molecule has 0 bridgehead atoms. The number of hydrogen-bond donors (Lipinski definition) is 4. The Labute approximate surface area is 218 Å². The lowest BCUT2D eigenvalue weighted by Gasteiger charge is -2.39. The molecule has 37 heavy (non-hydrogen) atoms. The quantitative estimate of drug-likeness (QED) is 0.440. The van der Waals surface area contributed by atoms with Crippen LogP contribution in [0.25, 0.3) is 0 Å². The summed E-state index contributed by atoms with van der Waals surface area (Å²) in [4.78, 5) is 12.9. The lowest BCUT2D eigenvalue weighted by molar-refractivity contribution is -0.152. The van der Waals surface area contributed by atoms with Crippen LogP contribution in [0.15, 0.2) is 24.3 Å². The van der Waals surface area contributed by atoms with Crippen LogP contribution < -0.4 is 20.8 Å². The first kappa shape index (κ1) is 27.8. The number of nitriles is 1. The van der Waals surface area contributed by atoms with E-state index in [1.807, 2.05) is 0 Å². The van der Waals surface area contributed by atoms with Crippen molar-refractivity contribution in [1.29, 1.82) is 5.26 Å². The van der Waals surface area contributed by atoms with Crippen molar-refractivity contribution in [2.75, 3.05) is 11.9 Å². The van der Waals surface area contributed by atoms with Crippen molar-refractivity contribution in [2.24, 2.45) is 11.8 Å². The molecule has 0 aromatic heterocycles. The number of fused-ring (bicyclic) bond motifs is 1. The fraction of sp³-hybridized carbons (Fsp3) is 0.680. The normalized spacial score (nSPS) is 30.6. The summed E-state index contributed by atoms with van der Waals surface area (Å²) in [5.41, 5.74) is 3.73. The zero-order valence-electron chi connectivity index (χ0n) is 21.3. The Hall–Kier alpha value is -2.20. The Balaban J connectivity index is 1.58. The topological polar surface area (TPSA) is 109 Å². The summed E-state index contributed by atoms with van der Waals surface area (Å²) in [6, 6.07) is 6.04. The number of carbonyl (C=O) groups excluding carboxylic acids is 1. The first-order valence-corrected chi connectivity index (χ1v) is 13.9. The zero-order valence-corrected chi connectivity index (χ0v) is 22.1. The molecule has 7 atom stereocenters. The number of nitrogens with one attached hydrogen (secondary N) is 4. The minimum atomic E-state index is -4.66. The van der Waals surface area contributed by atoms with Gasteiger partial charge >= 0.3 is 6.18 Å². The number of halogens is 3. The van der Waals surface area contributed by atoms with E-state index in [0.717, 1.165) is 32.1 Å². The Bertz CT molecular complexity index is 1060. The van der Waals surface area contributed by atoms with Gasteiger partial charge in [0.2, 0.25) is 5.91 Å². The van der Waals surface area contributed by atoms with Gasteiger partial charge in [0.05, 0.1) is 33.6 Å². The highest BCUT2D eigenvalue weighted by atomic mass is 32.2. The fourth-order valence-electron chi connectivity index (χ4n) is 5.49. The minimum absolute atomic E-state index is 0.0264. The second-order valence-electron chi connectivity index (χ2n) is 11.0. The molecule has 1 aromatic rings. The Morgan fingerprint density at radius 2 is 1.89 bits per heavy atom. The monoisotopic (exact) mass is 540 g/mol. The zero-order chi connectivity index (χ0) is 27.0. The minimum Gasteiger partial charge on any atom is -0.368 e. The van der Waals surface area contributed by atoms with E-state index in [4.69, 9.17) is 0 Å². The van der Waals surface area contributed by atoms with Gasteiger partial charge in [0, 0.05) is 24.3 Å². The van der Waals surface area contributed by atoms with Crippen LogP contribution in [0.3, 0.4) is 0 Å². The molecule has 3 unspecified atom stereocenters. The van der Waals surface area contributed by atoms with Gasteiger partial charge in [-0.2, -0.15) is 18.4 Å². The summed E-state index contributed by atoms with van der Waals surface area (Å²) in [7, 11) is -1.94. The van der Waals surface area contributed by atoms with Gasteiger partial charge < -0.3 is 10.6 Å². The SMILES string of the molecule is CC(C)(C)[S@](=O)N[C@H](c1cccc(NC2NN([C@H]3CCCC[C@@H]3C#N)C3CCNC(=O)C23)c1)C(F)(F)F. The summed E-state index contributed by atoms with van der Waals surface area (Å²) in [5, 5.41) is 17.9. The standard InChI is InChI=1S/C25H35F3N6O2S/c1-24(2,3)37(36)33-21(25(26,27)28)15-8-6-9-17(13-15)31-22-20-19(11-12-30-23(20)35)34(32-22)18-10-5-4-7-16(18)14-29/h6,8-9,13,16,18-22,31-33H,4-5,7,10-12H2,1-3H3,(H,30,35)/t16-,18+,19?,20?,21-,22?,37+/m1/s1. The largest absolute Gasteiger partial charge is 0.408 e. The second kappa shape index (κ2) is 10.9. The Morgan fingerprint density at radius 1 is 1.16 bits per heavy atom. The number of benzene rings is 1. The smallest absolute Gasteiger partial charge is 0.368 e. The van der Waals surface area contributed by atoms with E-state index in [9.17, 15) is 27.4 Å². The number of anilines is 1. The van der Waals surface area contributed by atoms with Crippen LogP contribution >= 0.6 is 0 Å². The van der Waals surface area contributed by atoms with E-state index < -0.39 is 40.0 Å². The molecule has 2 saturated heterocycles. The third-order valence-electron chi connectivity index (χ3n) is 7.36. The molecule has 1 amide bonds. The highest BCUT2D eigenvalue weighted by Gasteiger charge is 2.51. The van der Waals surface area contributed by atoms with Crippen molar-refractivity contribution in [3.8, 4) is 6.07 Å². The average Bonchev–Trinajstić information content (AvgIpc) is 3.20. The van der Waals surface area contributed by atoms with Gasteiger partial charge in [0.1, 0.15) is 12.2 Å². The number of nitrogens with zero attached hydrogens (tertiary/aromatic N) is 2. The average molecular weight is 541 g/mol. The molecule has 1 aromatic carbocycles. The van der Waals surface area contributed by atoms with Crippen LogP contribution in [0, 0.1) is 23.2 Å². The van der Waals surface area contributed by atoms with Crippen LogP contribution in [0.5, 0.6) is 0 Å². The van der Waals surface area contributed by atoms with Crippen molar-refractivity contribution < 1.29 is 22.2 Å². The highest BCUT2D eigenvalue weighted by Crippen LogP contribution is 2.38. The van der Waals surface area contributed by atoms with E-state index in [0.29, 0.717) is 12.2 Å². The number of amides is 1. The molecule has 3 fully saturated rings. The van der Waals surface area contributed by atoms with Gasteiger partial charge in [-0.15, -0.1) is 0 Å². The molecule has 12 heteroatoms. The summed E-state index contributed by atoms with van der Waals surface area (Å²) in [6.07, 6.45) is -0.833. The van der Waals surface area contributed by atoms with Gasteiger partial charge in [0.25, 0.3) is 0 Å². The van der Waals surface area contributed by atoms with Gasteiger partial charge in [-0.1, -0.05) is 25.0 Å². The Kier molecular flexibility index (Phi) is 8.19. The summed E-state index contributed by atoms with van der Waals surface area (Å²) < 4.78 is 55.8.